The molecule has 0 aromatic heterocycles. The maximum absolute atomic E-state index is 13.0. The average Bonchev–Trinajstić information content (AvgIpc) is 3.44. The van der Waals surface area contributed by atoms with Crippen molar-refractivity contribution in [3.63, 3.8) is 0 Å². The van der Waals surface area contributed by atoms with Gasteiger partial charge in [-0.2, -0.15) is 0 Å². The Morgan fingerprint density at radius 2 is 2.00 bits per heavy atom. The first-order valence-corrected chi connectivity index (χ1v) is 11.6. The van der Waals surface area contributed by atoms with Gasteiger partial charge in [-0.15, -0.1) is 0 Å². The molecule has 1 amide bonds. The SMILES string of the molecule is C=C(NCC(=O)N1CC2(C[C@H]1C(=O)OC)OCCO2)C1=CCC(C2CC=C(C)C=C2C)C=C1. The van der Waals surface area contributed by atoms with Gasteiger partial charge in [0, 0.05) is 12.1 Å². The Bertz CT molecular complexity index is 938. The Balaban J connectivity index is 1.32. The molecule has 0 saturated carbocycles. The molecule has 2 unspecified atom stereocenters. The summed E-state index contributed by atoms with van der Waals surface area (Å²) in [5.41, 5.74) is 4.46. The van der Waals surface area contributed by atoms with Crippen LogP contribution in [0.5, 0.6) is 0 Å². The Morgan fingerprint density at radius 1 is 1.24 bits per heavy atom. The fraction of sp³-hybridized carbons (Fsp3) is 0.538. The van der Waals surface area contributed by atoms with E-state index in [0.717, 1.165) is 18.4 Å². The molecule has 2 aliphatic heterocycles. The number of esters is 1. The molecule has 0 aromatic rings. The van der Waals surface area contributed by atoms with E-state index in [0.29, 0.717) is 30.7 Å². The van der Waals surface area contributed by atoms with E-state index >= 15 is 0 Å². The topological polar surface area (TPSA) is 77.1 Å². The van der Waals surface area contributed by atoms with Crippen molar-refractivity contribution in [1.29, 1.82) is 0 Å². The first-order valence-electron chi connectivity index (χ1n) is 11.6. The van der Waals surface area contributed by atoms with Crippen molar-refractivity contribution in [1.82, 2.24) is 10.2 Å². The van der Waals surface area contributed by atoms with Gasteiger partial charge in [0.1, 0.15) is 6.04 Å². The third-order valence-corrected chi connectivity index (χ3v) is 7.08. The molecule has 178 valence electrons. The summed E-state index contributed by atoms with van der Waals surface area (Å²) in [5, 5.41) is 3.13. The Morgan fingerprint density at radius 3 is 2.64 bits per heavy atom. The van der Waals surface area contributed by atoms with E-state index in [1.165, 1.54) is 23.2 Å². The summed E-state index contributed by atoms with van der Waals surface area (Å²) in [4.78, 5) is 26.7. The van der Waals surface area contributed by atoms with Crippen molar-refractivity contribution in [2.45, 2.75) is 44.9 Å². The Labute approximate surface area is 195 Å². The quantitative estimate of drug-likeness (QED) is 0.622. The summed E-state index contributed by atoms with van der Waals surface area (Å²) in [7, 11) is 1.32. The first kappa shape index (κ1) is 23.5. The van der Waals surface area contributed by atoms with Crippen LogP contribution in [0.15, 0.2) is 59.4 Å². The summed E-state index contributed by atoms with van der Waals surface area (Å²) in [6.07, 6.45) is 13.4. The molecule has 4 aliphatic rings. The highest BCUT2D eigenvalue weighted by Gasteiger charge is 2.52. The lowest BCUT2D eigenvalue weighted by molar-refractivity contribution is -0.152. The Kier molecular flexibility index (Phi) is 6.91. The zero-order chi connectivity index (χ0) is 23.6. The average molecular weight is 455 g/mol. The van der Waals surface area contributed by atoms with E-state index in [9.17, 15) is 9.59 Å². The lowest BCUT2D eigenvalue weighted by Crippen LogP contribution is -2.45. The van der Waals surface area contributed by atoms with Gasteiger partial charge < -0.3 is 24.4 Å². The van der Waals surface area contributed by atoms with Crippen LogP contribution in [0.4, 0.5) is 0 Å². The van der Waals surface area contributed by atoms with Crippen LogP contribution in [0.3, 0.4) is 0 Å². The lowest BCUT2D eigenvalue weighted by Gasteiger charge is -2.29. The number of ether oxygens (including phenoxy) is 3. The molecule has 33 heavy (non-hydrogen) atoms. The van der Waals surface area contributed by atoms with Gasteiger partial charge in [-0.25, -0.2) is 4.79 Å². The number of carbonyl (C=O) groups excluding carboxylic acids is 2. The highest BCUT2D eigenvalue weighted by molar-refractivity contribution is 5.86. The number of nitrogens with one attached hydrogen (secondary N) is 1. The summed E-state index contributed by atoms with van der Waals surface area (Å²) in [5.74, 6) is -0.584. The van der Waals surface area contributed by atoms with Crippen LogP contribution in [0.1, 0.15) is 33.1 Å². The smallest absolute Gasteiger partial charge is 0.328 e. The number of allylic oxidation sites excluding steroid dienone is 7. The van der Waals surface area contributed by atoms with E-state index in [-0.39, 0.29) is 25.4 Å². The van der Waals surface area contributed by atoms with Crippen LogP contribution < -0.4 is 5.32 Å². The largest absolute Gasteiger partial charge is 0.467 e. The van der Waals surface area contributed by atoms with Crippen molar-refractivity contribution in [2.75, 3.05) is 33.4 Å². The molecule has 7 nitrogen and oxygen atoms in total. The maximum atomic E-state index is 13.0. The summed E-state index contributed by atoms with van der Waals surface area (Å²) in [6, 6.07) is -0.713. The van der Waals surface area contributed by atoms with Gasteiger partial charge in [0.25, 0.3) is 0 Å². The van der Waals surface area contributed by atoms with Crippen LogP contribution in [0.25, 0.3) is 0 Å². The molecule has 2 heterocycles. The summed E-state index contributed by atoms with van der Waals surface area (Å²) in [6.45, 7) is 9.64. The molecule has 2 saturated heterocycles. The van der Waals surface area contributed by atoms with Crippen LogP contribution in [-0.4, -0.2) is 62.0 Å². The fourth-order valence-electron chi connectivity index (χ4n) is 5.24. The minimum Gasteiger partial charge on any atom is -0.467 e. The number of hydrogen-bond acceptors (Lipinski definition) is 6. The summed E-state index contributed by atoms with van der Waals surface area (Å²) < 4.78 is 16.3. The monoisotopic (exact) mass is 454 g/mol. The van der Waals surface area contributed by atoms with E-state index in [1.54, 1.807) is 0 Å². The van der Waals surface area contributed by atoms with Gasteiger partial charge in [-0.1, -0.05) is 48.1 Å². The second-order valence-corrected chi connectivity index (χ2v) is 9.30. The van der Waals surface area contributed by atoms with Gasteiger partial charge in [0.2, 0.25) is 5.91 Å². The molecule has 0 aromatic carbocycles. The molecule has 2 fully saturated rings. The van der Waals surface area contributed by atoms with Gasteiger partial charge in [0.05, 0.1) is 33.4 Å². The number of rotatable bonds is 6. The predicted octanol–water partition coefficient (Wildman–Crippen LogP) is 3.02. The number of nitrogens with zero attached hydrogens (tertiary/aromatic N) is 1. The third-order valence-electron chi connectivity index (χ3n) is 7.08. The number of amides is 1. The van der Waals surface area contributed by atoms with Gasteiger partial charge >= 0.3 is 5.97 Å². The van der Waals surface area contributed by atoms with Crippen molar-refractivity contribution >= 4 is 11.9 Å². The highest BCUT2D eigenvalue weighted by atomic mass is 16.7. The minimum absolute atomic E-state index is 0.0333. The first-order chi connectivity index (χ1) is 15.8. The summed E-state index contributed by atoms with van der Waals surface area (Å²) >= 11 is 0. The second-order valence-electron chi connectivity index (χ2n) is 9.30. The van der Waals surface area contributed by atoms with Gasteiger partial charge in [0.15, 0.2) is 5.79 Å². The standard InChI is InChI=1S/C26H34N2O5/c1-17-5-10-22(18(2)13-17)21-8-6-20(7-9-21)19(3)27-15-24(29)28-16-26(32-11-12-33-26)14-23(28)25(30)31-4/h5-8,13,21-23,27H,3,9-12,14-16H2,1-2,4H3/t21?,22?,23-/m0/s1. The highest BCUT2D eigenvalue weighted by Crippen LogP contribution is 2.36. The molecule has 4 rings (SSSR count). The van der Waals surface area contributed by atoms with Crippen molar-refractivity contribution < 1.29 is 23.8 Å². The molecule has 0 radical (unpaired) electrons. The van der Waals surface area contributed by atoms with Crippen molar-refractivity contribution in [2.24, 2.45) is 11.8 Å². The van der Waals surface area contributed by atoms with E-state index in [1.807, 2.05) is 0 Å². The van der Waals surface area contributed by atoms with Crippen LogP contribution in [0, 0.1) is 11.8 Å². The zero-order valence-corrected chi connectivity index (χ0v) is 19.8. The predicted molar refractivity (Wildman–Crippen MR) is 125 cm³/mol. The molecule has 7 heteroatoms. The van der Waals surface area contributed by atoms with E-state index in [4.69, 9.17) is 14.2 Å². The van der Waals surface area contributed by atoms with Crippen LogP contribution in [0.2, 0.25) is 0 Å². The number of hydrogen-bond donors (Lipinski definition) is 1. The zero-order valence-electron chi connectivity index (χ0n) is 19.8. The van der Waals surface area contributed by atoms with Gasteiger partial charge in [-0.3, -0.25) is 4.79 Å². The molecular formula is C26H34N2O5. The van der Waals surface area contributed by atoms with E-state index in [2.05, 4.69) is 56.1 Å². The van der Waals surface area contributed by atoms with Crippen molar-refractivity contribution in [3.8, 4) is 0 Å². The number of likely N-dealkylation sites (tertiary alicyclic amines) is 1. The molecule has 2 aliphatic carbocycles. The molecular weight excluding hydrogens is 420 g/mol. The molecule has 3 atom stereocenters. The number of carbonyl (C=O) groups is 2. The fourth-order valence-corrected chi connectivity index (χ4v) is 5.24. The normalized spacial score (nSPS) is 28.3. The number of methoxy groups -OCH3 is 1. The Hall–Kier alpha value is -2.64. The maximum Gasteiger partial charge on any atom is 0.328 e. The van der Waals surface area contributed by atoms with Crippen LogP contribution >= 0.6 is 0 Å². The third kappa shape index (κ3) is 4.99. The van der Waals surface area contributed by atoms with Gasteiger partial charge in [-0.05, 0) is 44.1 Å². The van der Waals surface area contributed by atoms with Crippen molar-refractivity contribution in [3.05, 3.63) is 59.4 Å². The lowest BCUT2D eigenvalue weighted by atomic mass is 9.76. The minimum atomic E-state index is -0.908. The molecule has 0 bridgehead atoms. The van der Waals surface area contributed by atoms with Crippen LogP contribution in [-0.2, 0) is 23.8 Å². The van der Waals surface area contributed by atoms with E-state index < -0.39 is 17.8 Å². The molecule has 1 N–H and O–H groups in total. The second kappa shape index (κ2) is 9.69. The molecule has 1 spiro atoms.